The Morgan fingerprint density at radius 3 is 2.54 bits per heavy atom. The summed E-state index contributed by atoms with van der Waals surface area (Å²) in [6, 6.07) is 5.49. The molecule has 0 unspecified atom stereocenters. The normalized spacial score (nSPS) is 10.5. The van der Waals surface area contributed by atoms with Gasteiger partial charge in [0.2, 0.25) is 11.9 Å². The van der Waals surface area contributed by atoms with Crippen molar-refractivity contribution in [3.05, 3.63) is 30.6 Å². The maximum absolute atomic E-state index is 11.1. The Kier molecular flexibility index (Phi) is 4.19. The van der Waals surface area contributed by atoms with Crippen LogP contribution < -0.4 is 14.8 Å². The molecule has 1 N–H and O–H groups in total. The van der Waals surface area contributed by atoms with E-state index >= 15 is 0 Å². The first-order valence-electron chi connectivity index (χ1n) is 7.10. The number of carbonyl (C=O) groups is 1. The first kappa shape index (κ1) is 15.6. The second-order valence-electron chi connectivity index (χ2n) is 4.91. The lowest BCUT2D eigenvalue weighted by Gasteiger charge is -2.09. The van der Waals surface area contributed by atoms with Gasteiger partial charge in [-0.25, -0.2) is 15.0 Å². The number of hydrogen-bond donors (Lipinski definition) is 1. The molecule has 0 saturated heterocycles. The van der Waals surface area contributed by atoms with Crippen molar-refractivity contribution >= 4 is 23.0 Å². The second-order valence-corrected chi connectivity index (χ2v) is 4.91. The molecular formula is C16H15N5O3. The fraction of sp³-hybridized carbons (Fsp3) is 0.188. The van der Waals surface area contributed by atoms with E-state index in [2.05, 4.69) is 25.3 Å². The fourth-order valence-electron chi connectivity index (χ4n) is 2.17. The van der Waals surface area contributed by atoms with Crippen molar-refractivity contribution in [1.82, 2.24) is 19.9 Å². The Morgan fingerprint density at radius 2 is 1.83 bits per heavy atom. The lowest BCUT2D eigenvalue weighted by atomic mass is 10.1. The highest BCUT2D eigenvalue weighted by molar-refractivity contribution is 5.87. The molecule has 0 fully saturated rings. The lowest BCUT2D eigenvalue weighted by molar-refractivity contribution is -0.114. The van der Waals surface area contributed by atoms with Gasteiger partial charge in [0.1, 0.15) is 5.52 Å². The molecule has 0 atom stereocenters. The van der Waals surface area contributed by atoms with Gasteiger partial charge in [0.25, 0.3) is 0 Å². The average molecular weight is 325 g/mol. The first-order valence-corrected chi connectivity index (χ1v) is 7.10. The third-order valence-electron chi connectivity index (χ3n) is 3.27. The molecule has 2 heterocycles. The van der Waals surface area contributed by atoms with Crippen LogP contribution in [0.15, 0.2) is 30.6 Å². The largest absolute Gasteiger partial charge is 0.493 e. The molecule has 0 bridgehead atoms. The molecule has 2 aromatic heterocycles. The molecule has 0 aliphatic heterocycles. The van der Waals surface area contributed by atoms with Crippen LogP contribution in [-0.2, 0) is 4.79 Å². The van der Waals surface area contributed by atoms with E-state index in [4.69, 9.17) is 9.47 Å². The molecule has 8 heteroatoms. The maximum atomic E-state index is 11.1. The number of fused-ring (bicyclic) bond motifs is 1. The molecule has 1 amide bonds. The van der Waals surface area contributed by atoms with E-state index in [-0.39, 0.29) is 11.9 Å². The van der Waals surface area contributed by atoms with Crippen molar-refractivity contribution in [1.29, 1.82) is 0 Å². The van der Waals surface area contributed by atoms with Gasteiger partial charge in [-0.1, -0.05) is 0 Å². The van der Waals surface area contributed by atoms with E-state index in [0.717, 1.165) is 5.56 Å². The first-order chi connectivity index (χ1) is 11.6. The summed E-state index contributed by atoms with van der Waals surface area (Å²) < 4.78 is 10.5. The molecule has 0 aliphatic carbocycles. The van der Waals surface area contributed by atoms with Gasteiger partial charge in [-0.05, 0) is 18.2 Å². The quantitative estimate of drug-likeness (QED) is 0.783. The number of nitrogens with one attached hydrogen (secondary N) is 1. The van der Waals surface area contributed by atoms with Crippen molar-refractivity contribution in [3.63, 3.8) is 0 Å². The number of rotatable bonds is 4. The number of ether oxygens (including phenoxy) is 2. The standard InChI is InChI=1S/C16H15N5O3/c1-9(22)19-16-18-8-12-15(21-16)17-7-11(20-12)10-4-5-13(23-2)14(6-10)24-3/h4-8H,1-3H3,(H,17,18,19,21,22). The Balaban J connectivity index is 2.00. The van der Waals surface area contributed by atoms with Gasteiger partial charge in [0, 0.05) is 12.5 Å². The molecule has 122 valence electrons. The highest BCUT2D eigenvalue weighted by Gasteiger charge is 2.10. The number of nitrogens with zero attached hydrogens (tertiary/aromatic N) is 4. The molecule has 24 heavy (non-hydrogen) atoms. The molecule has 8 nitrogen and oxygen atoms in total. The van der Waals surface area contributed by atoms with Crippen LogP contribution in [0.3, 0.4) is 0 Å². The van der Waals surface area contributed by atoms with E-state index in [1.807, 2.05) is 12.1 Å². The zero-order valence-corrected chi connectivity index (χ0v) is 13.4. The molecule has 3 aromatic rings. The van der Waals surface area contributed by atoms with Crippen LogP contribution in [0.1, 0.15) is 6.92 Å². The summed E-state index contributed by atoms with van der Waals surface area (Å²) in [6.07, 6.45) is 3.12. The van der Waals surface area contributed by atoms with Gasteiger partial charge in [0.05, 0.1) is 32.3 Å². The number of amides is 1. The van der Waals surface area contributed by atoms with E-state index in [1.54, 1.807) is 26.5 Å². The Hall–Kier alpha value is -3.29. The van der Waals surface area contributed by atoms with Gasteiger partial charge in [-0.15, -0.1) is 0 Å². The van der Waals surface area contributed by atoms with Crippen molar-refractivity contribution < 1.29 is 14.3 Å². The molecule has 0 saturated carbocycles. The summed E-state index contributed by atoms with van der Waals surface area (Å²) in [6.45, 7) is 1.39. The number of benzene rings is 1. The maximum Gasteiger partial charge on any atom is 0.231 e. The molecule has 1 aromatic carbocycles. The highest BCUT2D eigenvalue weighted by Crippen LogP contribution is 2.31. The van der Waals surface area contributed by atoms with Crippen LogP contribution in [0.25, 0.3) is 22.4 Å². The summed E-state index contributed by atoms with van der Waals surface area (Å²) in [5.74, 6) is 1.19. The number of carbonyl (C=O) groups excluding carboxylic acids is 1. The predicted octanol–water partition coefficient (Wildman–Crippen LogP) is 2.06. The van der Waals surface area contributed by atoms with Crippen LogP contribution in [-0.4, -0.2) is 40.1 Å². The van der Waals surface area contributed by atoms with Crippen LogP contribution in [0.2, 0.25) is 0 Å². The zero-order chi connectivity index (χ0) is 17.1. The van der Waals surface area contributed by atoms with E-state index in [0.29, 0.717) is 28.4 Å². The summed E-state index contributed by atoms with van der Waals surface area (Å²) >= 11 is 0. The van der Waals surface area contributed by atoms with Crippen molar-refractivity contribution in [3.8, 4) is 22.8 Å². The predicted molar refractivity (Wildman–Crippen MR) is 88.0 cm³/mol. The van der Waals surface area contributed by atoms with Gasteiger partial charge in [0.15, 0.2) is 17.1 Å². The van der Waals surface area contributed by atoms with Crippen molar-refractivity contribution in [2.24, 2.45) is 0 Å². The number of methoxy groups -OCH3 is 2. The third-order valence-corrected chi connectivity index (χ3v) is 3.27. The summed E-state index contributed by atoms with van der Waals surface area (Å²) in [5, 5.41) is 2.51. The van der Waals surface area contributed by atoms with Gasteiger partial charge in [-0.3, -0.25) is 10.1 Å². The van der Waals surface area contributed by atoms with Gasteiger partial charge in [-0.2, -0.15) is 4.98 Å². The fourth-order valence-corrected chi connectivity index (χ4v) is 2.17. The summed E-state index contributed by atoms with van der Waals surface area (Å²) in [5.41, 5.74) is 2.40. The van der Waals surface area contributed by atoms with Crippen LogP contribution in [0.4, 0.5) is 5.95 Å². The number of anilines is 1. The molecule has 3 rings (SSSR count). The molecule has 0 aliphatic rings. The van der Waals surface area contributed by atoms with Crippen LogP contribution in [0.5, 0.6) is 11.5 Å². The Morgan fingerprint density at radius 1 is 1.04 bits per heavy atom. The van der Waals surface area contributed by atoms with Crippen molar-refractivity contribution in [2.45, 2.75) is 6.92 Å². The summed E-state index contributed by atoms with van der Waals surface area (Å²) in [7, 11) is 3.16. The monoisotopic (exact) mass is 325 g/mol. The summed E-state index contributed by atoms with van der Waals surface area (Å²) in [4.78, 5) is 28.0. The van der Waals surface area contributed by atoms with Crippen LogP contribution in [0, 0.1) is 0 Å². The minimum Gasteiger partial charge on any atom is -0.493 e. The topological polar surface area (TPSA) is 99.1 Å². The number of hydrogen-bond acceptors (Lipinski definition) is 7. The minimum atomic E-state index is -0.246. The Labute approximate surface area is 137 Å². The zero-order valence-electron chi connectivity index (χ0n) is 13.4. The molecule has 0 spiro atoms. The molecule has 0 radical (unpaired) electrons. The van der Waals surface area contributed by atoms with E-state index in [1.165, 1.54) is 13.1 Å². The SMILES string of the molecule is COc1ccc(-c2cnc3nc(NC(C)=O)ncc3n2)cc1OC. The highest BCUT2D eigenvalue weighted by atomic mass is 16.5. The molecular weight excluding hydrogens is 310 g/mol. The average Bonchev–Trinajstić information content (AvgIpc) is 2.60. The second kappa shape index (κ2) is 6.45. The smallest absolute Gasteiger partial charge is 0.231 e. The third kappa shape index (κ3) is 3.07. The number of aromatic nitrogens is 4. The van der Waals surface area contributed by atoms with E-state index < -0.39 is 0 Å². The van der Waals surface area contributed by atoms with Gasteiger partial charge >= 0.3 is 0 Å². The van der Waals surface area contributed by atoms with Crippen LogP contribution >= 0.6 is 0 Å². The van der Waals surface area contributed by atoms with Crippen molar-refractivity contribution in [2.75, 3.05) is 19.5 Å². The van der Waals surface area contributed by atoms with Gasteiger partial charge < -0.3 is 9.47 Å². The van der Waals surface area contributed by atoms with E-state index in [9.17, 15) is 4.79 Å². The lowest BCUT2D eigenvalue weighted by Crippen LogP contribution is -2.09. The Bertz CT molecular complexity index is 913. The minimum absolute atomic E-state index is 0.197.